The lowest BCUT2D eigenvalue weighted by atomic mass is 9.94. The molecule has 1 aliphatic carbocycles. The van der Waals surface area contributed by atoms with Gasteiger partial charge in [-0.25, -0.2) is 4.98 Å². The maximum Gasteiger partial charge on any atom is 0.236 e. The van der Waals surface area contributed by atoms with Crippen LogP contribution in [0.5, 0.6) is 0 Å². The second kappa shape index (κ2) is 6.61. The van der Waals surface area contributed by atoms with Gasteiger partial charge >= 0.3 is 0 Å². The van der Waals surface area contributed by atoms with Crippen LogP contribution in [-0.2, 0) is 24.7 Å². The van der Waals surface area contributed by atoms with Crippen molar-refractivity contribution in [1.82, 2.24) is 19.7 Å². The van der Waals surface area contributed by atoms with Gasteiger partial charge in [-0.05, 0) is 25.3 Å². The number of benzene rings is 1. The number of aromatic nitrogens is 4. The highest BCUT2D eigenvalue weighted by Crippen LogP contribution is 2.37. The number of fused-ring (bicyclic) bond motifs is 3. The van der Waals surface area contributed by atoms with Crippen LogP contribution in [0.4, 0.5) is 5.13 Å². The van der Waals surface area contributed by atoms with E-state index in [-0.39, 0.29) is 11.7 Å². The number of nitrogens with zero attached hydrogens (tertiary/aromatic N) is 4. The lowest BCUT2D eigenvalue weighted by molar-refractivity contribution is -0.113. The fourth-order valence-electron chi connectivity index (χ4n) is 2.80. The number of nitrogens with one attached hydrogen (secondary N) is 1. The Kier molecular flexibility index (Phi) is 4.30. The Hall–Kier alpha value is -2.19. The number of carbonyl (C=O) groups excluding carboxylic acids is 1. The lowest BCUT2D eigenvalue weighted by Gasteiger charge is -2.13. The van der Waals surface area contributed by atoms with Gasteiger partial charge in [0.25, 0.3) is 0 Å². The molecule has 6 nitrogen and oxygen atoms in total. The molecule has 0 fully saturated rings. The van der Waals surface area contributed by atoms with Crippen LogP contribution in [0.15, 0.2) is 29.4 Å². The first-order chi connectivity index (χ1) is 12.1. The minimum atomic E-state index is -0.0787. The van der Waals surface area contributed by atoms with E-state index in [9.17, 15) is 4.79 Å². The summed E-state index contributed by atoms with van der Waals surface area (Å²) >= 11 is 2.94. The van der Waals surface area contributed by atoms with Crippen molar-refractivity contribution in [3.05, 3.63) is 40.5 Å². The molecule has 2 heterocycles. The van der Waals surface area contributed by atoms with Crippen LogP contribution in [0.1, 0.15) is 16.3 Å². The molecule has 4 rings (SSSR count). The van der Waals surface area contributed by atoms with Crippen LogP contribution in [-0.4, -0.2) is 31.4 Å². The van der Waals surface area contributed by atoms with Gasteiger partial charge < -0.3 is 9.88 Å². The SMILES string of the molecule is Cc1nnc(SCC(=O)Nc2nc3c(s2)CCc2ccccc2-3)n1C. The number of carbonyl (C=O) groups is 1. The Morgan fingerprint density at radius 3 is 2.96 bits per heavy atom. The number of hydrogen-bond acceptors (Lipinski definition) is 6. The first kappa shape index (κ1) is 16.3. The van der Waals surface area contributed by atoms with Gasteiger partial charge in [-0.2, -0.15) is 0 Å². The minimum absolute atomic E-state index is 0.0787. The van der Waals surface area contributed by atoms with E-state index in [1.54, 1.807) is 11.3 Å². The van der Waals surface area contributed by atoms with Gasteiger partial charge in [0.15, 0.2) is 10.3 Å². The Morgan fingerprint density at radius 1 is 1.32 bits per heavy atom. The van der Waals surface area contributed by atoms with Crippen molar-refractivity contribution in [1.29, 1.82) is 0 Å². The zero-order valence-electron chi connectivity index (χ0n) is 13.9. The molecule has 0 bridgehead atoms. The zero-order chi connectivity index (χ0) is 17.4. The third-order valence-electron chi connectivity index (χ3n) is 4.22. The topological polar surface area (TPSA) is 72.7 Å². The van der Waals surface area contributed by atoms with Crippen LogP contribution in [0.3, 0.4) is 0 Å². The van der Waals surface area contributed by atoms with Crippen LogP contribution >= 0.6 is 23.1 Å². The molecule has 128 valence electrons. The largest absolute Gasteiger partial charge is 0.309 e. The van der Waals surface area contributed by atoms with Gasteiger partial charge in [-0.15, -0.1) is 21.5 Å². The Balaban J connectivity index is 1.45. The molecule has 0 unspecified atom stereocenters. The summed E-state index contributed by atoms with van der Waals surface area (Å²) in [5.41, 5.74) is 3.52. The number of amides is 1. The Morgan fingerprint density at radius 2 is 2.16 bits per heavy atom. The van der Waals surface area contributed by atoms with Crippen molar-refractivity contribution in [2.45, 2.75) is 24.9 Å². The molecule has 0 saturated carbocycles. The average Bonchev–Trinajstić information content (AvgIpc) is 3.17. The van der Waals surface area contributed by atoms with Gasteiger partial charge in [-0.1, -0.05) is 36.0 Å². The van der Waals surface area contributed by atoms with Gasteiger partial charge in [0.05, 0.1) is 11.4 Å². The van der Waals surface area contributed by atoms with Crippen molar-refractivity contribution in [3.63, 3.8) is 0 Å². The van der Waals surface area contributed by atoms with Crippen molar-refractivity contribution in [3.8, 4) is 11.3 Å². The number of aryl methyl sites for hydroxylation is 3. The Bertz CT molecular complexity index is 946. The summed E-state index contributed by atoms with van der Waals surface area (Å²) < 4.78 is 1.87. The summed E-state index contributed by atoms with van der Waals surface area (Å²) in [5.74, 6) is 1.03. The maximum absolute atomic E-state index is 12.2. The monoisotopic (exact) mass is 371 g/mol. The van der Waals surface area contributed by atoms with Gasteiger partial charge in [-0.3, -0.25) is 4.79 Å². The van der Waals surface area contributed by atoms with Crippen LogP contribution < -0.4 is 5.32 Å². The van der Waals surface area contributed by atoms with E-state index in [4.69, 9.17) is 0 Å². The molecular formula is C17H17N5OS2. The normalized spacial score (nSPS) is 12.6. The molecule has 1 N–H and O–H groups in total. The molecule has 25 heavy (non-hydrogen) atoms. The summed E-state index contributed by atoms with van der Waals surface area (Å²) in [5, 5.41) is 12.4. The quantitative estimate of drug-likeness (QED) is 0.714. The number of thioether (sulfide) groups is 1. The highest BCUT2D eigenvalue weighted by atomic mass is 32.2. The summed E-state index contributed by atoms with van der Waals surface area (Å²) in [6.45, 7) is 1.88. The first-order valence-corrected chi connectivity index (χ1v) is 9.78. The van der Waals surface area contributed by atoms with E-state index in [0.29, 0.717) is 5.13 Å². The molecule has 0 saturated heterocycles. The highest BCUT2D eigenvalue weighted by Gasteiger charge is 2.21. The standard InChI is InChI=1S/C17H17N5OS2/c1-10-20-21-17(22(10)2)24-9-14(23)18-16-19-15-12-6-4-3-5-11(12)7-8-13(15)25-16/h3-6H,7-9H2,1-2H3,(H,18,19,23). The van der Waals surface area contributed by atoms with E-state index >= 15 is 0 Å². The Labute approximate surface area is 153 Å². The van der Waals surface area contributed by atoms with Crippen molar-refractivity contribution >= 4 is 34.1 Å². The minimum Gasteiger partial charge on any atom is -0.309 e. The number of hydrogen-bond donors (Lipinski definition) is 1. The summed E-state index contributed by atoms with van der Waals surface area (Å²) in [6.07, 6.45) is 2.01. The number of rotatable bonds is 4. The van der Waals surface area contributed by atoms with E-state index in [1.165, 1.54) is 27.8 Å². The van der Waals surface area contributed by atoms with Crippen LogP contribution in [0, 0.1) is 6.92 Å². The highest BCUT2D eigenvalue weighted by molar-refractivity contribution is 7.99. The molecule has 1 aliphatic rings. The molecule has 2 aromatic heterocycles. The molecule has 0 spiro atoms. The molecule has 0 radical (unpaired) electrons. The predicted molar refractivity (Wildman–Crippen MR) is 100 cm³/mol. The lowest BCUT2D eigenvalue weighted by Crippen LogP contribution is -2.14. The molecule has 1 aromatic carbocycles. The van der Waals surface area contributed by atoms with Crippen molar-refractivity contribution in [2.75, 3.05) is 11.1 Å². The molecule has 3 aromatic rings. The van der Waals surface area contributed by atoms with E-state index in [0.717, 1.165) is 29.5 Å². The van der Waals surface area contributed by atoms with Crippen molar-refractivity contribution in [2.24, 2.45) is 7.05 Å². The maximum atomic E-state index is 12.2. The summed E-state index contributed by atoms with van der Waals surface area (Å²) in [6, 6.07) is 8.34. The van der Waals surface area contributed by atoms with E-state index < -0.39 is 0 Å². The molecular weight excluding hydrogens is 354 g/mol. The predicted octanol–water partition coefficient (Wildman–Crippen LogP) is 3.08. The van der Waals surface area contributed by atoms with Gasteiger partial charge in [0, 0.05) is 17.5 Å². The van der Waals surface area contributed by atoms with Gasteiger partial charge in [0.1, 0.15) is 5.82 Å². The van der Waals surface area contributed by atoms with E-state index in [1.807, 2.05) is 24.6 Å². The second-order valence-electron chi connectivity index (χ2n) is 5.87. The fraction of sp³-hybridized carbons (Fsp3) is 0.294. The van der Waals surface area contributed by atoms with Gasteiger partial charge in [0.2, 0.25) is 5.91 Å². The molecule has 0 atom stereocenters. The molecule has 8 heteroatoms. The zero-order valence-corrected chi connectivity index (χ0v) is 15.6. The number of anilines is 1. The third kappa shape index (κ3) is 3.19. The average molecular weight is 371 g/mol. The molecule has 0 aliphatic heterocycles. The second-order valence-corrected chi connectivity index (χ2v) is 7.90. The van der Waals surface area contributed by atoms with Crippen molar-refractivity contribution < 1.29 is 4.79 Å². The number of thiazole rings is 1. The fourth-order valence-corrected chi connectivity index (χ4v) is 4.55. The van der Waals surface area contributed by atoms with Crippen LogP contribution in [0.2, 0.25) is 0 Å². The van der Waals surface area contributed by atoms with E-state index in [2.05, 4.69) is 38.7 Å². The molecule has 1 amide bonds. The van der Waals surface area contributed by atoms with Crippen LogP contribution in [0.25, 0.3) is 11.3 Å². The summed E-state index contributed by atoms with van der Waals surface area (Å²) in [4.78, 5) is 18.1. The smallest absolute Gasteiger partial charge is 0.236 e. The third-order valence-corrected chi connectivity index (χ3v) is 6.27. The summed E-state index contributed by atoms with van der Waals surface area (Å²) in [7, 11) is 1.89. The first-order valence-electron chi connectivity index (χ1n) is 7.98.